The summed E-state index contributed by atoms with van der Waals surface area (Å²) in [4.78, 5) is 36.7. The molecule has 0 radical (unpaired) electrons. The highest BCUT2D eigenvalue weighted by atomic mass is 16.6. The molecule has 6 heteroatoms. The molecule has 0 fully saturated rings. The molecule has 0 aromatic heterocycles. The van der Waals surface area contributed by atoms with Gasteiger partial charge < -0.3 is 14.2 Å². The highest BCUT2D eigenvalue weighted by Gasteiger charge is 2.19. The Hall–Kier alpha value is -1.59. The van der Waals surface area contributed by atoms with Gasteiger partial charge in [-0.15, -0.1) is 0 Å². The zero-order valence-electron chi connectivity index (χ0n) is 25.9. The first-order chi connectivity index (χ1) is 19.0. The van der Waals surface area contributed by atoms with Crippen LogP contribution in [0.4, 0.5) is 0 Å². The van der Waals surface area contributed by atoms with E-state index in [4.69, 9.17) is 14.2 Å². The van der Waals surface area contributed by atoms with E-state index < -0.39 is 6.10 Å². The fraction of sp³-hybridized carbons (Fsp3) is 0.909. The number of rotatable bonds is 29. The summed E-state index contributed by atoms with van der Waals surface area (Å²) in [6.45, 7) is 6.43. The van der Waals surface area contributed by atoms with Crippen molar-refractivity contribution in [1.29, 1.82) is 0 Å². The van der Waals surface area contributed by atoms with Crippen molar-refractivity contribution >= 4 is 17.9 Å². The third kappa shape index (κ3) is 27.8. The van der Waals surface area contributed by atoms with Crippen molar-refractivity contribution in [3.63, 3.8) is 0 Å². The number of carbonyl (C=O) groups is 3. The fourth-order valence-electron chi connectivity index (χ4n) is 4.56. The van der Waals surface area contributed by atoms with E-state index in [1.807, 2.05) is 0 Å². The third-order valence-electron chi connectivity index (χ3n) is 7.11. The van der Waals surface area contributed by atoms with Crippen LogP contribution in [0.15, 0.2) is 0 Å². The normalized spacial score (nSPS) is 11.8. The average molecular weight is 555 g/mol. The van der Waals surface area contributed by atoms with Crippen molar-refractivity contribution in [3.8, 4) is 0 Å². The maximum absolute atomic E-state index is 12.3. The Morgan fingerprint density at radius 2 is 0.692 bits per heavy atom. The SMILES string of the molecule is CCCCCCCCCCCCC(=O)OC[C@H](COC(=O)CCCCCCCCC)OC(=O)CCCCCC. The van der Waals surface area contributed by atoms with Crippen LogP contribution in [0.2, 0.25) is 0 Å². The van der Waals surface area contributed by atoms with Crippen molar-refractivity contribution in [1.82, 2.24) is 0 Å². The zero-order chi connectivity index (χ0) is 28.8. The number of ether oxygens (including phenoxy) is 3. The first-order valence-corrected chi connectivity index (χ1v) is 16.5. The fourth-order valence-corrected chi connectivity index (χ4v) is 4.56. The van der Waals surface area contributed by atoms with E-state index in [1.54, 1.807) is 0 Å². The molecule has 0 aliphatic heterocycles. The molecule has 0 amide bonds. The third-order valence-corrected chi connectivity index (χ3v) is 7.11. The molecule has 0 aliphatic rings. The molecule has 0 aromatic rings. The Kier molecular flexibility index (Phi) is 28.2. The summed E-state index contributed by atoms with van der Waals surface area (Å²) in [6.07, 6.45) is 24.3. The van der Waals surface area contributed by atoms with Crippen molar-refractivity contribution in [2.75, 3.05) is 13.2 Å². The molecule has 0 unspecified atom stereocenters. The van der Waals surface area contributed by atoms with Gasteiger partial charge in [0.1, 0.15) is 13.2 Å². The van der Waals surface area contributed by atoms with Gasteiger partial charge in [0.25, 0.3) is 0 Å². The van der Waals surface area contributed by atoms with Crippen molar-refractivity contribution in [2.45, 2.75) is 181 Å². The van der Waals surface area contributed by atoms with Gasteiger partial charge in [-0.3, -0.25) is 14.4 Å². The van der Waals surface area contributed by atoms with Crippen LogP contribution in [0, 0.1) is 0 Å². The second-order valence-electron chi connectivity index (χ2n) is 11.1. The van der Waals surface area contributed by atoms with E-state index in [0.29, 0.717) is 19.3 Å². The lowest BCUT2D eigenvalue weighted by Gasteiger charge is -2.18. The summed E-state index contributed by atoms with van der Waals surface area (Å²) in [7, 11) is 0. The molecule has 0 heterocycles. The van der Waals surface area contributed by atoms with Gasteiger partial charge in [0, 0.05) is 19.3 Å². The van der Waals surface area contributed by atoms with Crippen LogP contribution in [0.3, 0.4) is 0 Å². The van der Waals surface area contributed by atoms with E-state index in [1.165, 1.54) is 70.6 Å². The van der Waals surface area contributed by atoms with Crippen LogP contribution < -0.4 is 0 Å². The number of esters is 3. The maximum Gasteiger partial charge on any atom is 0.306 e. The lowest BCUT2D eigenvalue weighted by molar-refractivity contribution is -0.167. The van der Waals surface area contributed by atoms with E-state index in [-0.39, 0.29) is 31.1 Å². The molecule has 0 saturated heterocycles. The van der Waals surface area contributed by atoms with Crippen LogP contribution >= 0.6 is 0 Å². The molecule has 230 valence electrons. The van der Waals surface area contributed by atoms with Gasteiger partial charge in [0.2, 0.25) is 0 Å². The van der Waals surface area contributed by atoms with Crippen LogP contribution in [0.1, 0.15) is 175 Å². The molecular formula is C33H62O6. The second kappa shape index (κ2) is 29.4. The quantitative estimate of drug-likeness (QED) is 0.0520. The molecule has 0 aliphatic carbocycles. The second-order valence-corrected chi connectivity index (χ2v) is 11.1. The lowest BCUT2D eigenvalue weighted by Crippen LogP contribution is -2.30. The van der Waals surface area contributed by atoms with Crippen LogP contribution in [0.25, 0.3) is 0 Å². The Labute approximate surface area is 240 Å². The maximum atomic E-state index is 12.3. The number of carbonyl (C=O) groups excluding carboxylic acids is 3. The van der Waals surface area contributed by atoms with Gasteiger partial charge >= 0.3 is 17.9 Å². The first kappa shape index (κ1) is 37.4. The summed E-state index contributed by atoms with van der Waals surface area (Å²) in [5.41, 5.74) is 0. The van der Waals surface area contributed by atoms with Crippen molar-refractivity contribution in [2.24, 2.45) is 0 Å². The van der Waals surface area contributed by atoms with E-state index in [9.17, 15) is 14.4 Å². The predicted octanol–water partition coefficient (Wildman–Crippen LogP) is 9.41. The minimum atomic E-state index is -0.752. The van der Waals surface area contributed by atoms with Gasteiger partial charge in [0.15, 0.2) is 6.10 Å². The summed E-state index contributed by atoms with van der Waals surface area (Å²) in [6, 6.07) is 0. The Morgan fingerprint density at radius 3 is 1.05 bits per heavy atom. The van der Waals surface area contributed by atoms with E-state index >= 15 is 0 Å². The Balaban J connectivity index is 4.24. The summed E-state index contributed by atoms with van der Waals surface area (Å²) < 4.78 is 16.3. The summed E-state index contributed by atoms with van der Waals surface area (Å²) in [5, 5.41) is 0. The minimum absolute atomic E-state index is 0.0675. The molecule has 0 aromatic carbocycles. The summed E-state index contributed by atoms with van der Waals surface area (Å²) in [5.74, 6) is -0.901. The van der Waals surface area contributed by atoms with Crippen LogP contribution in [-0.2, 0) is 28.6 Å². The molecule has 0 spiro atoms. The highest BCUT2D eigenvalue weighted by Crippen LogP contribution is 2.13. The van der Waals surface area contributed by atoms with Gasteiger partial charge in [-0.25, -0.2) is 0 Å². The summed E-state index contributed by atoms with van der Waals surface area (Å²) >= 11 is 0. The number of hydrogen-bond donors (Lipinski definition) is 0. The standard InChI is InChI=1S/C33H62O6/c1-4-7-10-13-15-16-17-19-21-24-26-32(35)38-29-30(39-33(36)27-22-12-9-6-3)28-37-31(34)25-23-20-18-14-11-8-5-2/h30H,4-29H2,1-3H3/t30-/m0/s1. The van der Waals surface area contributed by atoms with Crippen molar-refractivity contribution in [3.05, 3.63) is 0 Å². The van der Waals surface area contributed by atoms with Gasteiger partial charge in [0.05, 0.1) is 0 Å². The molecule has 0 saturated carbocycles. The first-order valence-electron chi connectivity index (χ1n) is 16.5. The van der Waals surface area contributed by atoms with Gasteiger partial charge in [-0.1, -0.05) is 136 Å². The Morgan fingerprint density at radius 1 is 0.410 bits per heavy atom. The predicted molar refractivity (Wildman–Crippen MR) is 160 cm³/mol. The number of hydrogen-bond acceptors (Lipinski definition) is 6. The largest absolute Gasteiger partial charge is 0.462 e. The molecular weight excluding hydrogens is 492 g/mol. The molecule has 6 nitrogen and oxygen atoms in total. The molecule has 0 rings (SSSR count). The van der Waals surface area contributed by atoms with Gasteiger partial charge in [-0.2, -0.15) is 0 Å². The van der Waals surface area contributed by atoms with E-state index in [2.05, 4.69) is 20.8 Å². The Bertz CT molecular complexity index is 577. The van der Waals surface area contributed by atoms with Crippen LogP contribution in [0.5, 0.6) is 0 Å². The van der Waals surface area contributed by atoms with E-state index in [0.717, 1.165) is 64.2 Å². The molecule has 0 N–H and O–H groups in total. The van der Waals surface area contributed by atoms with Gasteiger partial charge in [-0.05, 0) is 19.3 Å². The molecule has 39 heavy (non-hydrogen) atoms. The van der Waals surface area contributed by atoms with Crippen LogP contribution in [-0.4, -0.2) is 37.2 Å². The van der Waals surface area contributed by atoms with Crippen molar-refractivity contribution < 1.29 is 28.6 Å². The average Bonchev–Trinajstić information content (AvgIpc) is 2.93. The number of unbranched alkanes of at least 4 members (excludes halogenated alkanes) is 18. The molecule has 1 atom stereocenters. The zero-order valence-corrected chi connectivity index (χ0v) is 25.9. The molecule has 0 bridgehead atoms. The topological polar surface area (TPSA) is 78.9 Å². The monoisotopic (exact) mass is 554 g/mol. The smallest absolute Gasteiger partial charge is 0.306 e. The minimum Gasteiger partial charge on any atom is -0.462 e. The lowest BCUT2D eigenvalue weighted by atomic mass is 10.1. The highest BCUT2D eigenvalue weighted by molar-refractivity contribution is 5.71.